The second kappa shape index (κ2) is 4.35. The van der Waals surface area contributed by atoms with Crippen molar-refractivity contribution < 1.29 is 24.0 Å². The summed E-state index contributed by atoms with van der Waals surface area (Å²) in [4.78, 5) is -1.99. The standard InChI is InChI=1S/C11H14F5NOS2/c1-11(2,3)19(18)17-8-9-5-4-6-10(7-9)20(12,13,14,15)16/h4-8H,1-3H3. The fourth-order valence-electron chi connectivity index (χ4n) is 1.10. The zero-order chi connectivity index (χ0) is 15.9. The highest BCUT2D eigenvalue weighted by Crippen LogP contribution is 3.02. The smallest absolute Gasteiger partial charge is 0.310 e. The Morgan fingerprint density at radius 3 is 2.15 bits per heavy atom. The highest BCUT2D eigenvalue weighted by Gasteiger charge is 2.65. The van der Waals surface area contributed by atoms with Crippen LogP contribution in [0.4, 0.5) is 19.4 Å². The predicted octanol–water partition coefficient (Wildman–Crippen LogP) is 5.23. The van der Waals surface area contributed by atoms with Gasteiger partial charge in [-0.2, -0.15) is 0 Å². The number of rotatable bonds is 3. The van der Waals surface area contributed by atoms with Crippen LogP contribution in [0.25, 0.3) is 0 Å². The molecule has 9 heteroatoms. The summed E-state index contributed by atoms with van der Waals surface area (Å²) in [7, 11) is -9.70. The highest BCUT2D eigenvalue weighted by molar-refractivity contribution is 8.45. The third-order valence-electron chi connectivity index (χ3n) is 2.12. The quantitative estimate of drug-likeness (QED) is 0.423. The summed E-state index contributed by atoms with van der Waals surface area (Å²) >= 11 is -1.68. The molecule has 0 heterocycles. The summed E-state index contributed by atoms with van der Waals surface area (Å²) in [6.07, 6.45) is 0.897. The SMILES string of the molecule is CC(C)(C)[S+]([O-])N=Cc1cccc(S(F)(F)(F)(F)F)c1. The van der Waals surface area contributed by atoms with E-state index in [1.807, 2.05) is 0 Å². The van der Waals surface area contributed by atoms with Crippen molar-refractivity contribution in [2.45, 2.75) is 30.4 Å². The molecule has 0 amide bonds. The van der Waals surface area contributed by atoms with Gasteiger partial charge in [0.15, 0.2) is 0 Å². The van der Waals surface area contributed by atoms with E-state index in [-0.39, 0.29) is 5.56 Å². The molecule has 1 rings (SSSR count). The van der Waals surface area contributed by atoms with E-state index in [4.69, 9.17) is 0 Å². The van der Waals surface area contributed by atoms with E-state index in [0.29, 0.717) is 12.1 Å². The molecule has 2 nitrogen and oxygen atoms in total. The van der Waals surface area contributed by atoms with Crippen molar-refractivity contribution in [3.05, 3.63) is 29.8 Å². The zero-order valence-corrected chi connectivity index (χ0v) is 12.6. The third kappa shape index (κ3) is 4.95. The molecule has 0 aromatic heterocycles. The third-order valence-corrected chi connectivity index (χ3v) is 4.61. The first kappa shape index (κ1) is 17.3. The van der Waals surface area contributed by atoms with Gasteiger partial charge in [0.25, 0.3) is 0 Å². The molecule has 1 atom stereocenters. The number of halogens is 5. The molecule has 0 bridgehead atoms. The van der Waals surface area contributed by atoms with Crippen LogP contribution in [0.2, 0.25) is 0 Å². The lowest BCUT2D eigenvalue weighted by molar-refractivity contribution is 0.364. The molecule has 0 radical (unpaired) electrons. The summed E-state index contributed by atoms with van der Waals surface area (Å²) in [6, 6.07) is 2.63. The molecule has 0 spiro atoms. The molecule has 0 aliphatic rings. The lowest BCUT2D eigenvalue weighted by atomic mass is 10.2. The molecule has 1 aromatic carbocycles. The first-order chi connectivity index (χ1) is 8.59. The molecule has 1 unspecified atom stereocenters. The van der Waals surface area contributed by atoms with E-state index in [2.05, 4.69) is 4.40 Å². The van der Waals surface area contributed by atoms with Crippen LogP contribution in [0.1, 0.15) is 26.3 Å². The van der Waals surface area contributed by atoms with Gasteiger partial charge in [0.1, 0.15) is 21.0 Å². The summed E-state index contributed by atoms with van der Waals surface area (Å²) in [5, 5.41) is 0. The second-order valence-corrected chi connectivity index (χ2v) is 9.48. The van der Waals surface area contributed by atoms with Crippen LogP contribution in [-0.4, -0.2) is 15.5 Å². The topological polar surface area (TPSA) is 35.4 Å². The Labute approximate surface area is 117 Å². The highest BCUT2D eigenvalue weighted by atomic mass is 32.5. The minimum Gasteiger partial charge on any atom is -0.591 e. The summed E-state index contributed by atoms with van der Waals surface area (Å²) in [5.74, 6) is 0. The molecule has 0 aliphatic heterocycles. The van der Waals surface area contributed by atoms with Crippen LogP contribution in [0.15, 0.2) is 33.6 Å². The average Bonchev–Trinajstić information content (AvgIpc) is 2.22. The Balaban J connectivity index is 3.12. The zero-order valence-electron chi connectivity index (χ0n) is 10.9. The molecule has 20 heavy (non-hydrogen) atoms. The van der Waals surface area contributed by atoms with Gasteiger partial charge >= 0.3 is 10.2 Å². The van der Waals surface area contributed by atoms with Gasteiger partial charge in [-0.15, -0.1) is 0 Å². The van der Waals surface area contributed by atoms with Crippen molar-refractivity contribution >= 4 is 27.8 Å². The second-order valence-electron chi connectivity index (χ2n) is 5.14. The fraction of sp³-hybridized carbons (Fsp3) is 0.364. The Kier molecular flexibility index (Phi) is 3.75. The maximum Gasteiger partial charge on any atom is 0.310 e. The van der Waals surface area contributed by atoms with Gasteiger partial charge in [-0.25, -0.2) is 0 Å². The van der Waals surface area contributed by atoms with Gasteiger partial charge < -0.3 is 4.55 Å². The van der Waals surface area contributed by atoms with Crippen LogP contribution in [0.5, 0.6) is 0 Å². The monoisotopic (exact) mass is 335 g/mol. The van der Waals surface area contributed by atoms with Gasteiger partial charge in [0.05, 0.1) is 6.21 Å². The van der Waals surface area contributed by atoms with E-state index in [1.165, 1.54) is 6.07 Å². The number of nitrogens with zero attached hydrogens (tertiary/aromatic N) is 1. The fourth-order valence-corrected chi connectivity index (χ4v) is 2.33. The largest absolute Gasteiger partial charge is 0.591 e. The minimum atomic E-state index is -9.70. The summed E-state index contributed by atoms with van der Waals surface area (Å²) in [6.45, 7) is 4.89. The number of hydrogen-bond donors (Lipinski definition) is 0. The Morgan fingerprint density at radius 2 is 1.70 bits per heavy atom. The molecular weight excluding hydrogens is 321 g/mol. The molecule has 116 valence electrons. The van der Waals surface area contributed by atoms with Crippen molar-refractivity contribution in [3.8, 4) is 0 Å². The van der Waals surface area contributed by atoms with E-state index in [9.17, 15) is 24.0 Å². The Morgan fingerprint density at radius 1 is 1.15 bits per heavy atom. The summed E-state index contributed by atoms with van der Waals surface area (Å²) < 4.78 is 77.5. The first-order valence-electron chi connectivity index (χ1n) is 5.40. The van der Waals surface area contributed by atoms with E-state index >= 15 is 0 Å². The van der Waals surface area contributed by atoms with E-state index < -0.39 is 31.2 Å². The van der Waals surface area contributed by atoms with Crippen LogP contribution in [0.3, 0.4) is 0 Å². The van der Waals surface area contributed by atoms with Crippen LogP contribution in [0, 0.1) is 0 Å². The van der Waals surface area contributed by atoms with Crippen molar-refractivity contribution in [2.75, 3.05) is 0 Å². The maximum atomic E-state index is 12.6. The molecule has 0 saturated carbocycles. The molecule has 1 aromatic rings. The van der Waals surface area contributed by atoms with Crippen LogP contribution < -0.4 is 0 Å². The predicted molar refractivity (Wildman–Crippen MR) is 73.3 cm³/mol. The molecule has 0 N–H and O–H groups in total. The van der Waals surface area contributed by atoms with Crippen molar-refractivity contribution in [1.82, 2.24) is 0 Å². The van der Waals surface area contributed by atoms with Gasteiger partial charge in [0.2, 0.25) is 0 Å². The molecule has 0 fully saturated rings. The van der Waals surface area contributed by atoms with Gasteiger partial charge in [-0.05, 0) is 38.5 Å². The van der Waals surface area contributed by atoms with Crippen molar-refractivity contribution in [3.63, 3.8) is 0 Å². The minimum absolute atomic E-state index is 0.187. The summed E-state index contributed by atoms with van der Waals surface area (Å²) in [5.41, 5.74) is -0.187. The first-order valence-corrected chi connectivity index (χ1v) is 8.46. The van der Waals surface area contributed by atoms with Crippen LogP contribution in [-0.2, 0) is 11.4 Å². The lowest BCUT2D eigenvalue weighted by Gasteiger charge is -2.40. The number of hydrogen-bond acceptors (Lipinski definition) is 2. The van der Waals surface area contributed by atoms with Gasteiger partial charge in [-0.1, -0.05) is 36.0 Å². The Bertz CT molecular complexity index is 535. The van der Waals surface area contributed by atoms with Gasteiger partial charge in [-0.3, -0.25) is 0 Å². The molecule has 0 aliphatic carbocycles. The molecular formula is C11H14F5NOS2. The average molecular weight is 335 g/mol. The molecule has 0 saturated heterocycles. The van der Waals surface area contributed by atoms with Crippen LogP contribution >= 0.6 is 10.2 Å². The van der Waals surface area contributed by atoms with Gasteiger partial charge in [0, 0.05) is 0 Å². The number of benzene rings is 1. The normalized spacial score (nSPS) is 18.6. The van der Waals surface area contributed by atoms with E-state index in [0.717, 1.165) is 12.3 Å². The van der Waals surface area contributed by atoms with E-state index in [1.54, 1.807) is 20.8 Å². The van der Waals surface area contributed by atoms with Crippen molar-refractivity contribution in [2.24, 2.45) is 4.40 Å². The Hall–Kier alpha value is -0.800. The maximum absolute atomic E-state index is 12.6. The van der Waals surface area contributed by atoms with Crippen molar-refractivity contribution in [1.29, 1.82) is 0 Å². The lowest BCUT2D eigenvalue weighted by Crippen LogP contribution is -2.25.